The Bertz CT molecular complexity index is 1700. The zero-order valence-electron chi connectivity index (χ0n) is 23.7. The second-order valence-corrected chi connectivity index (χ2v) is 13.6. The van der Waals surface area contributed by atoms with E-state index < -0.39 is 45.9 Å². The molecule has 5 rings (SSSR count). The summed E-state index contributed by atoms with van der Waals surface area (Å²) in [5.74, 6) is -3.01. The van der Waals surface area contributed by atoms with Gasteiger partial charge in [-0.05, 0) is 59.9 Å². The van der Waals surface area contributed by atoms with Crippen LogP contribution in [0.2, 0.25) is 10.0 Å². The van der Waals surface area contributed by atoms with Crippen LogP contribution in [-0.2, 0) is 26.3 Å². The number of nitrogens with one attached hydrogen (secondary N) is 2. The molecule has 1 aliphatic heterocycles. The number of amides is 2. The number of sulfonamides is 1. The SMILES string of the molecule is CS(=O)(=O)N[C@@H]1CCCC[C@H]1N1C(=O)c2ccccc2[C@H](C(=O)NOCc2cccc(C(=O)O)c2)[C@H]1c1ccc(Cl)cc1Cl. The van der Waals surface area contributed by atoms with Crippen molar-refractivity contribution >= 4 is 51.0 Å². The van der Waals surface area contributed by atoms with Crippen LogP contribution in [0.1, 0.15) is 75.0 Å². The lowest BCUT2D eigenvalue weighted by molar-refractivity contribution is -0.138. The van der Waals surface area contributed by atoms with Crippen molar-refractivity contribution in [3.05, 3.63) is 105 Å². The van der Waals surface area contributed by atoms with Crippen LogP contribution < -0.4 is 10.2 Å². The predicted molar refractivity (Wildman–Crippen MR) is 165 cm³/mol. The maximum Gasteiger partial charge on any atom is 0.335 e. The molecule has 0 radical (unpaired) electrons. The average Bonchev–Trinajstić information content (AvgIpc) is 2.97. The zero-order chi connectivity index (χ0) is 31.6. The highest BCUT2D eigenvalue weighted by atomic mass is 35.5. The van der Waals surface area contributed by atoms with Crippen LogP contribution in [0.5, 0.6) is 0 Å². The first kappa shape index (κ1) is 31.9. The number of aromatic carboxylic acids is 1. The van der Waals surface area contributed by atoms with Gasteiger partial charge in [0.25, 0.3) is 11.8 Å². The van der Waals surface area contributed by atoms with E-state index in [9.17, 15) is 27.9 Å². The molecule has 1 aliphatic carbocycles. The van der Waals surface area contributed by atoms with Crippen LogP contribution in [0, 0.1) is 0 Å². The number of halogens is 2. The van der Waals surface area contributed by atoms with Crippen molar-refractivity contribution < 1.29 is 32.7 Å². The Morgan fingerprint density at radius 2 is 1.75 bits per heavy atom. The van der Waals surface area contributed by atoms with E-state index in [-0.39, 0.29) is 23.1 Å². The maximum atomic E-state index is 14.3. The number of hydrogen-bond acceptors (Lipinski definition) is 6. The molecule has 3 aromatic rings. The summed E-state index contributed by atoms with van der Waals surface area (Å²) >= 11 is 13.0. The number of rotatable bonds is 9. The molecule has 0 spiro atoms. The van der Waals surface area contributed by atoms with E-state index in [1.54, 1.807) is 53.4 Å². The van der Waals surface area contributed by atoms with Crippen molar-refractivity contribution in [2.75, 3.05) is 6.26 Å². The smallest absolute Gasteiger partial charge is 0.335 e. The maximum absolute atomic E-state index is 14.3. The molecule has 13 heteroatoms. The average molecular weight is 661 g/mol. The number of carbonyl (C=O) groups is 3. The van der Waals surface area contributed by atoms with Crippen LogP contribution in [0.15, 0.2) is 66.7 Å². The van der Waals surface area contributed by atoms with Gasteiger partial charge in [-0.3, -0.25) is 14.4 Å². The summed E-state index contributed by atoms with van der Waals surface area (Å²) < 4.78 is 27.4. The molecule has 0 bridgehead atoms. The predicted octanol–water partition coefficient (Wildman–Crippen LogP) is 5.08. The minimum Gasteiger partial charge on any atom is -0.478 e. The molecule has 0 aromatic heterocycles. The molecular weight excluding hydrogens is 629 g/mol. The Morgan fingerprint density at radius 1 is 1.00 bits per heavy atom. The number of hydrogen-bond donors (Lipinski definition) is 3. The molecule has 232 valence electrons. The van der Waals surface area contributed by atoms with Gasteiger partial charge in [0.1, 0.15) is 0 Å². The van der Waals surface area contributed by atoms with E-state index in [1.165, 1.54) is 18.2 Å². The molecule has 0 saturated heterocycles. The molecule has 3 N–H and O–H groups in total. The third kappa shape index (κ3) is 6.92. The summed E-state index contributed by atoms with van der Waals surface area (Å²) in [5.41, 5.74) is 4.35. The number of fused-ring (bicyclic) bond motifs is 1. The Hall–Kier alpha value is -3.48. The van der Waals surface area contributed by atoms with E-state index in [1.807, 2.05) is 0 Å². The first-order valence-corrected chi connectivity index (χ1v) is 16.7. The lowest BCUT2D eigenvalue weighted by Crippen LogP contribution is -2.59. The summed E-state index contributed by atoms with van der Waals surface area (Å²) in [6.07, 6.45) is 3.64. The van der Waals surface area contributed by atoms with Crippen LogP contribution in [0.3, 0.4) is 0 Å². The molecule has 0 unspecified atom stereocenters. The number of carbonyl (C=O) groups excluding carboxylic acids is 2. The Kier molecular flexibility index (Phi) is 9.62. The molecule has 44 heavy (non-hydrogen) atoms. The lowest BCUT2D eigenvalue weighted by Gasteiger charge is -2.49. The third-order valence-electron chi connectivity index (χ3n) is 7.98. The molecule has 1 fully saturated rings. The Balaban J connectivity index is 1.56. The van der Waals surface area contributed by atoms with Crippen molar-refractivity contribution in [1.29, 1.82) is 0 Å². The van der Waals surface area contributed by atoms with Crippen molar-refractivity contribution in [2.45, 2.75) is 56.3 Å². The van der Waals surface area contributed by atoms with Crippen LogP contribution >= 0.6 is 23.2 Å². The molecule has 3 aromatic carbocycles. The van der Waals surface area contributed by atoms with Crippen LogP contribution in [0.25, 0.3) is 0 Å². The highest BCUT2D eigenvalue weighted by Gasteiger charge is 2.49. The number of nitrogens with zero attached hydrogens (tertiary/aromatic N) is 1. The molecule has 2 amide bonds. The van der Waals surface area contributed by atoms with Gasteiger partial charge in [-0.15, -0.1) is 0 Å². The summed E-state index contributed by atoms with van der Waals surface area (Å²) in [5, 5.41) is 9.91. The van der Waals surface area contributed by atoms with Gasteiger partial charge in [0.2, 0.25) is 10.0 Å². The van der Waals surface area contributed by atoms with Crippen molar-refractivity contribution in [3.63, 3.8) is 0 Å². The summed E-state index contributed by atoms with van der Waals surface area (Å²) in [4.78, 5) is 46.9. The van der Waals surface area contributed by atoms with Crippen molar-refractivity contribution in [3.8, 4) is 0 Å². The lowest BCUT2D eigenvalue weighted by atomic mass is 9.76. The van der Waals surface area contributed by atoms with Gasteiger partial charge >= 0.3 is 5.97 Å². The Morgan fingerprint density at radius 3 is 2.48 bits per heavy atom. The highest BCUT2D eigenvalue weighted by molar-refractivity contribution is 7.88. The van der Waals surface area contributed by atoms with Crippen LogP contribution in [0.4, 0.5) is 0 Å². The fraction of sp³-hybridized carbons (Fsp3) is 0.323. The number of benzene rings is 3. The van der Waals surface area contributed by atoms with E-state index >= 15 is 0 Å². The summed E-state index contributed by atoms with van der Waals surface area (Å²) in [6.45, 7) is -0.112. The topological polar surface area (TPSA) is 142 Å². The normalized spacial score (nSPS) is 21.9. The molecule has 10 nitrogen and oxygen atoms in total. The van der Waals surface area contributed by atoms with Gasteiger partial charge in [0.05, 0.1) is 30.4 Å². The van der Waals surface area contributed by atoms with E-state index in [2.05, 4.69) is 10.2 Å². The van der Waals surface area contributed by atoms with Gasteiger partial charge in [-0.1, -0.05) is 72.4 Å². The van der Waals surface area contributed by atoms with Crippen LogP contribution in [-0.4, -0.2) is 54.5 Å². The van der Waals surface area contributed by atoms with Gasteiger partial charge in [-0.2, -0.15) is 0 Å². The van der Waals surface area contributed by atoms with E-state index in [0.717, 1.165) is 19.1 Å². The van der Waals surface area contributed by atoms with Gasteiger partial charge in [0, 0.05) is 27.7 Å². The summed E-state index contributed by atoms with van der Waals surface area (Å²) in [6, 6.07) is 15.7. The van der Waals surface area contributed by atoms with E-state index in [4.69, 9.17) is 28.0 Å². The Labute approximate surface area is 265 Å². The fourth-order valence-corrected chi connectivity index (χ4v) is 7.52. The standard InChI is InChI=1S/C31H31Cl2N3O7S/c1-44(41,42)35-25-11-4-5-12-26(25)36-28(23-14-13-20(32)16-24(23)33)27(21-9-2-3-10-22(21)30(36)38)29(37)34-43-17-18-7-6-8-19(15-18)31(39)40/h2-3,6-10,13-16,25-28,35H,4-5,11-12,17H2,1H3,(H,34,37)(H,39,40)/t25-,26-,27+,28-/m1/s1. The van der Waals surface area contributed by atoms with Gasteiger partial charge in [0.15, 0.2) is 0 Å². The highest BCUT2D eigenvalue weighted by Crippen LogP contribution is 2.47. The molecule has 1 saturated carbocycles. The second kappa shape index (κ2) is 13.3. The monoisotopic (exact) mass is 659 g/mol. The van der Waals surface area contributed by atoms with Gasteiger partial charge in [-0.25, -0.2) is 23.4 Å². The minimum absolute atomic E-state index is 0.0787. The molecule has 1 heterocycles. The number of carboxylic acid groups (broad SMARTS) is 1. The fourth-order valence-electron chi connectivity index (χ4n) is 6.18. The quantitative estimate of drug-likeness (QED) is 0.272. The third-order valence-corrected chi connectivity index (χ3v) is 9.27. The minimum atomic E-state index is -3.61. The van der Waals surface area contributed by atoms with Crippen molar-refractivity contribution in [2.24, 2.45) is 0 Å². The molecule has 2 aliphatic rings. The van der Waals surface area contributed by atoms with E-state index in [0.29, 0.717) is 40.1 Å². The van der Waals surface area contributed by atoms with Gasteiger partial charge < -0.3 is 10.0 Å². The molecular formula is C31H31Cl2N3O7S. The molecule has 4 atom stereocenters. The first-order chi connectivity index (χ1) is 20.9. The largest absolute Gasteiger partial charge is 0.478 e. The van der Waals surface area contributed by atoms with Crippen molar-refractivity contribution in [1.82, 2.24) is 15.1 Å². The zero-order valence-corrected chi connectivity index (χ0v) is 26.0. The first-order valence-electron chi connectivity index (χ1n) is 14.0. The number of hydroxylamine groups is 1. The second-order valence-electron chi connectivity index (χ2n) is 11.0. The summed E-state index contributed by atoms with van der Waals surface area (Å²) in [7, 11) is -3.61. The number of carboxylic acids is 1.